The second-order valence-corrected chi connectivity index (χ2v) is 10.6. The van der Waals surface area contributed by atoms with Crippen molar-refractivity contribution in [3.63, 3.8) is 0 Å². The third-order valence-corrected chi connectivity index (χ3v) is 7.22. The Morgan fingerprint density at radius 1 is 0.735 bits per heavy atom. The lowest BCUT2D eigenvalue weighted by molar-refractivity contribution is -0.138. The minimum atomic E-state index is -4.82. The Morgan fingerprint density at radius 2 is 1.39 bits per heavy atom. The van der Waals surface area contributed by atoms with Gasteiger partial charge >= 0.3 is 24.6 Å². The van der Waals surface area contributed by atoms with Gasteiger partial charge in [-0.2, -0.15) is 39.5 Å². The van der Waals surface area contributed by atoms with E-state index in [4.69, 9.17) is 0 Å². The van der Waals surface area contributed by atoms with E-state index in [0.29, 0.717) is 16.7 Å². The highest BCUT2D eigenvalue weighted by Gasteiger charge is 2.34. The van der Waals surface area contributed by atoms with Gasteiger partial charge in [0.15, 0.2) is 5.82 Å². The highest BCUT2D eigenvalue weighted by atomic mass is 19.4. The van der Waals surface area contributed by atoms with Crippen LogP contribution in [-0.2, 0) is 18.9 Å². The number of urea groups is 1. The highest BCUT2D eigenvalue weighted by Crippen LogP contribution is 2.38. The number of para-hydroxylation sites is 1. The number of benzene rings is 4. The molecule has 0 radical (unpaired) electrons. The zero-order valence-electron chi connectivity index (χ0n) is 24.9. The van der Waals surface area contributed by atoms with Crippen molar-refractivity contribution in [3.05, 3.63) is 108 Å². The van der Waals surface area contributed by atoms with Crippen LogP contribution >= 0.6 is 0 Å². The largest absolute Gasteiger partial charge is 0.418 e. The number of halogens is 9. The number of carbonyl (C=O) groups is 1. The van der Waals surface area contributed by atoms with E-state index in [1.807, 2.05) is 0 Å². The number of nitrogens with one attached hydrogen (secondary N) is 3. The number of aromatic nitrogens is 4. The van der Waals surface area contributed by atoms with Gasteiger partial charge in [-0.05, 0) is 63.5 Å². The predicted octanol–water partition coefficient (Wildman–Crippen LogP) is 9.17. The fourth-order valence-corrected chi connectivity index (χ4v) is 4.98. The van der Waals surface area contributed by atoms with Crippen molar-refractivity contribution in [1.82, 2.24) is 20.6 Å². The molecule has 0 aliphatic carbocycles. The first-order valence-corrected chi connectivity index (χ1v) is 14.3. The Balaban J connectivity index is 1.57. The van der Waals surface area contributed by atoms with Crippen LogP contribution in [0.5, 0.6) is 0 Å². The zero-order valence-corrected chi connectivity index (χ0v) is 24.9. The summed E-state index contributed by atoms with van der Waals surface area (Å²) in [5, 5.41) is 18.3. The van der Waals surface area contributed by atoms with Gasteiger partial charge in [-0.15, -0.1) is 5.10 Å². The molecule has 4 aromatic carbocycles. The van der Waals surface area contributed by atoms with E-state index >= 15 is 0 Å². The van der Waals surface area contributed by atoms with Crippen LogP contribution in [-0.4, -0.2) is 39.4 Å². The summed E-state index contributed by atoms with van der Waals surface area (Å²) in [7, 11) is 0. The van der Waals surface area contributed by atoms with Gasteiger partial charge < -0.3 is 15.5 Å². The van der Waals surface area contributed by atoms with E-state index in [1.165, 1.54) is 29.2 Å². The van der Waals surface area contributed by atoms with Crippen molar-refractivity contribution < 1.29 is 44.3 Å². The molecule has 8 nitrogen and oxygen atoms in total. The Kier molecular flexibility index (Phi) is 9.82. The van der Waals surface area contributed by atoms with Gasteiger partial charge in [0.1, 0.15) is 0 Å². The fourth-order valence-electron chi connectivity index (χ4n) is 4.98. The summed E-state index contributed by atoms with van der Waals surface area (Å²) in [5.74, 6) is 0.268. The Labute approximate surface area is 271 Å². The molecule has 5 aromatic rings. The molecule has 0 saturated heterocycles. The summed E-state index contributed by atoms with van der Waals surface area (Å²) in [6, 6.07) is 18.0. The maximum absolute atomic E-state index is 13.6. The molecular weight excluding hydrogens is 669 g/mol. The summed E-state index contributed by atoms with van der Waals surface area (Å²) in [6.07, 6.45) is -15.4. The maximum Gasteiger partial charge on any atom is 0.418 e. The van der Waals surface area contributed by atoms with E-state index < -0.39 is 54.3 Å². The number of hydrogen-bond donors (Lipinski definition) is 3. The number of alkyl halides is 9. The first-order valence-electron chi connectivity index (χ1n) is 14.3. The van der Waals surface area contributed by atoms with E-state index in [-0.39, 0.29) is 29.3 Å². The molecule has 1 aromatic heterocycles. The van der Waals surface area contributed by atoms with Crippen molar-refractivity contribution in [2.45, 2.75) is 31.5 Å². The Morgan fingerprint density at radius 3 is 2.02 bits per heavy atom. The van der Waals surface area contributed by atoms with Crippen LogP contribution < -0.4 is 15.5 Å². The number of H-pyrrole nitrogens is 1. The van der Waals surface area contributed by atoms with E-state index in [2.05, 4.69) is 31.3 Å². The molecule has 0 bridgehead atoms. The highest BCUT2D eigenvalue weighted by molar-refractivity contribution is 6.03. The van der Waals surface area contributed by atoms with Gasteiger partial charge in [-0.3, -0.25) is 0 Å². The van der Waals surface area contributed by atoms with Crippen molar-refractivity contribution in [2.75, 3.05) is 22.1 Å². The lowest BCUT2D eigenvalue weighted by Gasteiger charge is -2.29. The Hall–Kier alpha value is -5.61. The van der Waals surface area contributed by atoms with Crippen LogP contribution in [0.3, 0.4) is 0 Å². The first-order chi connectivity index (χ1) is 23.1. The fraction of sp³-hybridized carbons (Fsp3) is 0.188. The Bertz CT molecular complexity index is 1890. The number of amides is 2. The smallest absolute Gasteiger partial charge is 0.365 e. The van der Waals surface area contributed by atoms with Crippen LogP contribution in [0.2, 0.25) is 0 Å². The standard InChI is InChI=1S/C32H24F9N7O/c33-30(34,35)15-16-48(18-19-9-12-21(13-10-19)31(36,37)38)27-14-11-20(22-5-1-2-6-23(22)28-44-46-47-45-28)17-26(27)43-29(49)42-25-8-4-3-7-24(25)32(39,40)41/h1-14,17H,15-16,18H2,(H2,42,43,49)(H,44,45,46,47). The first kappa shape index (κ1) is 34.7. The van der Waals surface area contributed by atoms with Crippen molar-refractivity contribution in [1.29, 1.82) is 0 Å². The number of tetrazole rings is 1. The molecule has 0 unspecified atom stereocenters. The average Bonchev–Trinajstić information content (AvgIpc) is 3.57. The second-order valence-electron chi connectivity index (χ2n) is 10.6. The normalized spacial score (nSPS) is 12.1. The van der Waals surface area contributed by atoms with Crippen molar-refractivity contribution >= 4 is 23.1 Å². The van der Waals surface area contributed by atoms with Crippen LogP contribution in [0.1, 0.15) is 23.1 Å². The molecule has 2 amide bonds. The second kappa shape index (κ2) is 13.9. The third kappa shape index (κ3) is 8.85. The zero-order chi connectivity index (χ0) is 35.4. The minimum absolute atomic E-state index is 0.00553. The molecule has 0 spiro atoms. The topological polar surface area (TPSA) is 98.8 Å². The lowest BCUT2D eigenvalue weighted by atomic mass is 9.98. The molecule has 1 heterocycles. The lowest BCUT2D eigenvalue weighted by Crippen LogP contribution is -2.29. The van der Waals surface area contributed by atoms with Gasteiger partial charge in [0, 0.05) is 18.7 Å². The summed E-state index contributed by atoms with van der Waals surface area (Å²) in [5.41, 5.74) is -1.12. The number of nitrogens with zero attached hydrogens (tertiary/aromatic N) is 4. The van der Waals surface area contributed by atoms with E-state index in [0.717, 1.165) is 42.5 Å². The molecule has 0 aliphatic rings. The molecule has 0 aliphatic heterocycles. The van der Waals surface area contributed by atoms with E-state index in [9.17, 15) is 44.3 Å². The number of hydrogen-bond acceptors (Lipinski definition) is 5. The molecule has 49 heavy (non-hydrogen) atoms. The molecule has 256 valence electrons. The van der Waals surface area contributed by atoms with Gasteiger partial charge in [0.05, 0.1) is 34.6 Å². The van der Waals surface area contributed by atoms with E-state index in [1.54, 1.807) is 24.3 Å². The van der Waals surface area contributed by atoms with Crippen molar-refractivity contribution in [3.8, 4) is 22.5 Å². The summed E-state index contributed by atoms with van der Waals surface area (Å²) < 4.78 is 121. The van der Waals surface area contributed by atoms with Gasteiger partial charge in [-0.25, -0.2) is 9.89 Å². The number of rotatable bonds is 9. The molecule has 3 N–H and O–H groups in total. The van der Waals surface area contributed by atoms with Crippen LogP contribution in [0.25, 0.3) is 22.5 Å². The third-order valence-electron chi connectivity index (χ3n) is 7.22. The molecule has 0 fully saturated rings. The van der Waals surface area contributed by atoms with Crippen LogP contribution in [0, 0.1) is 0 Å². The quantitative estimate of drug-likeness (QED) is 0.134. The average molecular weight is 694 g/mol. The number of aromatic amines is 1. The molecule has 0 atom stereocenters. The molecular formula is C32H24F9N7O. The summed E-state index contributed by atoms with van der Waals surface area (Å²) >= 11 is 0. The molecule has 0 saturated carbocycles. The van der Waals surface area contributed by atoms with Gasteiger partial charge in [-0.1, -0.05) is 54.6 Å². The summed E-state index contributed by atoms with van der Waals surface area (Å²) in [4.78, 5) is 14.4. The summed E-state index contributed by atoms with van der Waals surface area (Å²) in [6.45, 7) is -1.00. The minimum Gasteiger partial charge on any atom is -0.365 e. The molecule has 17 heteroatoms. The number of anilines is 3. The SMILES string of the molecule is O=C(Nc1cc(-c2ccccc2-c2nnn[nH]2)ccc1N(CCC(F)(F)F)Cc1ccc(C(F)(F)F)cc1)Nc1ccccc1C(F)(F)F. The maximum atomic E-state index is 13.6. The number of carbonyl (C=O) groups excluding carboxylic acids is 1. The van der Waals surface area contributed by atoms with Gasteiger partial charge in [0.2, 0.25) is 0 Å². The van der Waals surface area contributed by atoms with Crippen LogP contribution in [0.4, 0.5) is 61.4 Å². The van der Waals surface area contributed by atoms with Crippen LogP contribution in [0.15, 0.2) is 91.0 Å². The predicted molar refractivity (Wildman–Crippen MR) is 162 cm³/mol. The van der Waals surface area contributed by atoms with Gasteiger partial charge in [0.25, 0.3) is 0 Å². The van der Waals surface area contributed by atoms with Crippen molar-refractivity contribution in [2.24, 2.45) is 0 Å². The molecule has 5 rings (SSSR count). The monoisotopic (exact) mass is 693 g/mol.